The van der Waals surface area contributed by atoms with Crippen LogP contribution in [0.1, 0.15) is 39.7 Å². The van der Waals surface area contributed by atoms with Crippen molar-refractivity contribution in [3.05, 3.63) is 47.5 Å². The van der Waals surface area contributed by atoms with Crippen LogP contribution in [0.15, 0.2) is 42.0 Å². The molecule has 0 N–H and O–H groups in total. The smallest absolute Gasteiger partial charge is 0.310 e. The third kappa shape index (κ3) is 5.51. The van der Waals surface area contributed by atoms with E-state index in [-0.39, 0.29) is 12.1 Å². The van der Waals surface area contributed by atoms with Crippen LogP contribution in [0.3, 0.4) is 0 Å². The lowest BCUT2D eigenvalue weighted by molar-refractivity contribution is -0.154. The fourth-order valence-corrected chi connectivity index (χ4v) is 3.08. The van der Waals surface area contributed by atoms with Crippen molar-refractivity contribution in [2.24, 2.45) is 5.92 Å². The lowest BCUT2D eigenvalue weighted by atomic mass is 9.91. The van der Waals surface area contributed by atoms with Crippen LogP contribution in [0.5, 0.6) is 0 Å². The first kappa shape index (κ1) is 17.7. The average molecular weight is 315 g/mol. The number of carbonyl (C=O) groups excluding carboxylic acids is 1. The van der Waals surface area contributed by atoms with E-state index in [9.17, 15) is 4.79 Å². The van der Waals surface area contributed by atoms with Crippen molar-refractivity contribution in [1.82, 2.24) is 4.90 Å². The Hall–Kier alpha value is -1.61. The van der Waals surface area contributed by atoms with Gasteiger partial charge in [0.15, 0.2) is 0 Å². The molecule has 0 bridgehead atoms. The molecule has 0 aliphatic carbocycles. The maximum atomic E-state index is 12.2. The van der Waals surface area contributed by atoms with Gasteiger partial charge in [-0.3, -0.25) is 9.69 Å². The summed E-state index contributed by atoms with van der Waals surface area (Å²) in [5.74, 6) is 0.259. The summed E-state index contributed by atoms with van der Waals surface area (Å²) in [7, 11) is 0. The van der Waals surface area contributed by atoms with Crippen molar-refractivity contribution in [3.8, 4) is 0 Å². The number of likely N-dealkylation sites (tertiary alicyclic amines) is 1. The summed E-state index contributed by atoms with van der Waals surface area (Å²) in [5, 5.41) is 0. The summed E-state index contributed by atoms with van der Waals surface area (Å²) >= 11 is 0. The van der Waals surface area contributed by atoms with Crippen molar-refractivity contribution in [2.75, 3.05) is 13.1 Å². The van der Waals surface area contributed by atoms with Crippen LogP contribution in [0.25, 0.3) is 0 Å². The lowest BCUT2D eigenvalue weighted by Crippen LogP contribution is -2.48. The normalized spacial score (nSPS) is 25.0. The van der Waals surface area contributed by atoms with Crippen LogP contribution in [0.4, 0.5) is 0 Å². The Labute approximate surface area is 140 Å². The highest BCUT2D eigenvalue weighted by molar-refractivity contribution is 5.72. The van der Waals surface area contributed by atoms with E-state index in [0.717, 1.165) is 25.1 Å². The molecule has 0 amide bonds. The molecule has 1 aliphatic heterocycles. The molecule has 3 heteroatoms. The van der Waals surface area contributed by atoms with Gasteiger partial charge in [0.1, 0.15) is 6.10 Å². The Kier molecular flexibility index (Phi) is 6.40. The molecule has 2 rings (SSSR count). The highest BCUT2D eigenvalue weighted by Gasteiger charge is 2.32. The number of hydrogen-bond donors (Lipinski definition) is 0. The Morgan fingerprint density at radius 2 is 1.96 bits per heavy atom. The van der Waals surface area contributed by atoms with Crippen molar-refractivity contribution >= 4 is 5.97 Å². The van der Waals surface area contributed by atoms with Crippen molar-refractivity contribution in [1.29, 1.82) is 0 Å². The zero-order valence-corrected chi connectivity index (χ0v) is 14.8. The molecule has 1 aromatic rings. The zero-order chi connectivity index (χ0) is 16.8. The molecule has 23 heavy (non-hydrogen) atoms. The van der Waals surface area contributed by atoms with E-state index in [0.29, 0.717) is 18.4 Å². The molecule has 0 aromatic heterocycles. The van der Waals surface area contributed by atoms with E-state index in [2.05, 4.69) is 38.7 Å². The van der Waals surface area contributed by atoms with Gasteiger partial charge in [-0.2, -0.15) is 0 Å². The van der Waals surface area contributed by atoms with Gasteiger partial charge in [-0.1, -0.05) is 48.9 Å². The summed E-state index contributed by atoms with van der Waals surface area (Å²) < 4.78 is 5.77. The first-order valence-corrected chi connectivity index (χ1v) is 8.56. The van der Waals surface area contributed by atoms with Crippen molar-refractivity contribution in [2.45, 2.75) is 52.7 Å². The lowest BCUT2D eigenvalue weighted by Gasteiger charge is -2.40. The maximum absolute atomic E-state index is 12.2. The van der Waals surface area contributed by atoms with Crippen LogP contribution < -0.4 is 0 Å². The van der Waals surface area contributed by atoms with Crippen LogP contribution in [-0.2, 0) is 16.0 Å². The van der Waals surface area contributed by atoms with Crippen LogP contribution in [-0.4, -0.2) is 36.1 Å². The van der Waals surface area contributed by atoms with Crippen molar-refractivity contribution in [3.63, 3.8) is 0 Å². The molecule has 3 atom stereocenters. The van der Waals surface area contributed by atoms with Gasteiger partial charge in [0.25, 0.3) is 0 Å². The monoisotopic (exact) mass is 315 g/mol. The highest BCUT2D eigenvalue weighted by Crippen LogP contribution is 2.25. The Morgan fingerprint density at radius 3 is 2.61 bits per heavy atom. The molecule has 0 radical (unpaired) electrons. The zero-order valence-electron chi connectivity index (χ0n) is 14.8. The third-order valence-electron chi connectivity index (χ3n) is 4.56. The van der Waals surface area contributed by atoms with Crippen LogP contribution in [0, 0.1) is 5.92 Å². The van der Waals surface area contributed by atoms with E-state index in [4.69, 9.17) is 4.74 Å². The molecule has 3 unspecified atom stereocenters. The van der Waals surface area contributed by atoms with Gasteiger partial charge in [0.2, 0.25) is 0 Å². The second-order valence-electron chi connectivity index (χ2n) is 6.99. The first-order valence-electron chi connectivity index (χ1n) is 8.56. The minimum absolute atomic E-state index is 0.0316. The SMILES string of the molecule is CC(C)=CCN1CC(C)C(OC(=O)Cc2ccccc2)CC1C. The topological polar surface area (TPSA) is 29.5 Å². The molecule has 3 nitrogen and oxygen atoms in total. The maximum Gasteiger partial charge on any atom is 0.310 e. The molecule has 0 saturated carbocycles. The summed E-state index contributed by atoms with van der Waals surface area (Å²) in [6.07, 6.45) is 3.58. The van der Waals surface area contributed by atoms with Crippen molar-refractivity contribution < 1.29 is 9.53 Å². The first-order chi connectivity index (χ1) is 11.0. The predicted octanol–water partition coefficient (Wildman–Crippen LogP) is 3.84. The number of esters is 1. The molecule has 1 heterocycles. The molecular formula is C20H29NO2. The molecule has 0 spiro atoms. The fourth-order valence-electron chi connectivity index (χ4n) is 3.08. The Balaban J connectivity index is 1.87. The van der Waals surface area contributed by atoms with Gasteiger partial charge in [-0.05, 0) is 32.8 Å². The van der Waals surface area contributed by atoms with E-state index in [1.807, 2.05) is 30.3 Å². The largest absolute Gasteiger partial charge is 0.462 e. The molecule has 1 aliphatic rings. The van der Waals surface area contributed by atoms with Gasteiger partial charge in [-0.25, -0.2) is 0 Å². The number of rotatable bonds is 5. The number of piperidine rings is 1. The number of ether oxygens (including phenoxy) is 1. The Morgan fingerprint density at radius 1 is 1.26 bits per heavy atom. The van der Waals surface area contributed by atoms with Gasteiger partial charge >= 0.3 is 5.97 Å². The summed E-state index contributed by atoms with van der Waals surface area (Å²) in [4.78, 5) is 14.7. The number of allylic oxidation sites excluding steroid dienone is 1. The number of benzene rings is 1. The number of hydrogen-bond acceptors (Lipinski definition) is 3. The summed E-state index contributed by atoms with van der Waals surface area (Å²) in [6, 6.07) is 10.2. The number of carbonyl (C=O) groups is 1. The molecule has 1 saturated heterocycles. The third-order valence-corrected chi connectivity index (χ3v) is 4.56. The summed E-state index contributed by atoms with van der Waals surface area (Å²) in [6.45, 7) is 10.6. The highest BCUT2D eigenvalue weighted by atomic mass is 16.5. The van der Waals surface area contributed by atoms with Crippen LogP contribution in [0.2, 0.25) is 0 Å². The summed E-state index contributed by atoms with van der Waals surface area (Å²) in [5.41, 5.74) is 2.36. The average Bonchev–Trinajstić information content (AvgIpc) is 2.50. The molecule has 1 fully saturated rings. The minimum atomic E-state index is -0.113. The van der Waals surface area contributed by atoms with Gasteiger partial charge in [0.05, 0.1) is 6.42 Å². The minimum Gasteiger partial charge on any atom is -0.462 e. The number of nitrogens with zero attached hydrogens (tertiary/aromatic N) is 1. The van der Waals surface area contributed by atoms with E-state index in [1.165, 1.54) is 5.57 Å². The quantitative estimate of drug-likeness (QED) is 0.611. The van der Waals surface area contributed by atoms with E-state index >= 15 is 0 Å². The van der Waals surface area contributed by atoms with Gasteiger partial charge in [-0.15, -0.1) is 0 Å². The van der Waals surface area contributed by atoms with Gasteiger partial charge < -0.3 is 4.74 Å². The van der Waals surface area contributed by atoms with E-state index in [1.54, 1.807) is 0 Å². The molecule has 126 valence electrons. The second kappa shape index (κ2) is 8.30. The van der Waals surface area contributed by atoms with E-state index < -0.39 is 0 Å². The standard InChI is InChI=1S/C20H29NO2/c1-15(2)10-11-21-14-16(3)19(12-17(21)4)23-20(22)13-18-8-6-5-7-9-18/h5-10,16-17,19H,11-14H2,1-4H3. The Bertz CT molecular complexity index is 534. The fraction of sp³-hybridized carbons (Fsp3) is 0.550. The van der Waals surface area contributed by atoms with Gasteiger partial charge in [0, 0.05) is 25.0 Å². The second-order valence-corrected chi connectivity index (χ2v) is 6.99. The predicted molar refractivity (Wildman–Crippen MR) is 94.3 cm³/mol. The van der Waals surface area contributed by atoms with Crippen LogP contribution >= 0.6 is 0 Å². The molecule has 1 aromatic carbocycles. The molecular weight excluding hydrogens is 286 g/mol.